The summed E-state index contributed by atoms with van der Waals surface area (Å²) in [4.78, 5) is 24.0. The molecule has 0 aromatic heterocycles. The maximum absolute atomic E-state index is 12.4. The van der Waals surface area contributed by atoms with Gasteiger partial charge >= 0.3 is 5.97 Å². The van der Waals surface area contributed by atoms with Gasteiger partial charge in [0.15, 0.2) is 0 Å². The number of nitrogens with one attached hydrogen (secondary N) is 2. The molecule has 0 heterocycles. The minimum atomic E-state index is -1.04. The van der Waals surface area contributed by atoms with Crippen LogP contribution >= 0.6 is 0 Å². The molecule has 0 aliphatic heterocycles. The summed E-state index contributed by atoms with van der Waals surface area (Å²) in [5.74, 6) is -1.40. The Bertz CT molecular complexity index is 753. The van der Waals surface area contributed by atoms with Crippen LogP contribution in [0.3, 0.4) is 0 Å². The van der Waals surface area contributed by atoms with Crippen molar-refractivity contribution in [3.63, 3.8) is 0 Å². The fourth-order valence-electron chi connectivity index (χ4n) is 3.46. The molecule has 0 unspecified atom stereocenters. The van der Waals surface area contributed by atoms with Crippen LogP contribution in [-0.4, -0.2) is 29.1 Å². The number of hydrogen-bond donors (Lipinski definition) is 3. The summed E-state index contributed by atoms with van der Waals surface area (Å²) in [6.07, 6.45) is 5.32. The molecule has 3 rings (SSSR count). The minimum absolute atomic E-state index is 0.255. The van der Waals surface area contributed by atoms with Crippen LogP contribution < -0.4 is 10.6 Å². The van der Waals surface area contributed by atoms with Gasteiger partial charge in [-0.1, -0.05) is 55.3 Å². The molecule has 1 aliphatic carbocycles. The molecule has 5 nitrogen and oxygen atoms in total. The molecule has 0 saturated heterocycles. The van der Waals surface area contributed by atoms with Gasteiger partial charge in [0, 0.05) is 24.6 Å². The Morgan fingerprint density at radius 2 is 1.63 bits per heavy atom. The summed E-state index contributed by atoms with van der Waals surface area (Å²) in [6.45, 7) is 0.790. The molecule has 1 fully saturated rings. The zero-order chi connectivity index (χ0) is 19.1. The number of rotatable bonds is 8. The van der Waals surface area contributed by atoms with Crippen LogP contribution in [0.1, 0.15) is 47.2 Å². The van der Waals surface area contributed by atoms with Crippen LogP contribution in [0.15, 0.2) is 54.6 Å². The SMILES string of the molecule is O=C(N[C@@H](Cc1ccccc1)C(=O)O)c1ccc(CNC2CCCC2)cc1. The fourth-order valence-corrected chi connectivity index (χ4v) is 3.46. The molecular weight excluding hydrogens is 340 g/mol. The second-order valence-electron chi connectivity index (χ2n) is 7.11. The van der Waals surface area contributed by atoms with Gasteiger partial charge in [-0.25, -0.2) is 4.79 Å². The quantitative estimate of drug-likeness (QED) is 0.671. The highest BCUT2D eigenvalue weighted by Gasteiger charge is 2.21. The smallest absolute Gasteiger partial charge is 0.326 e. The van der Waals surface area contributed by atoms with E-state index in [4.69, 9.17) is 0 Å². The van der Waals surface area contributed by atoms with Gasteiger partial charge in [-0.2, -0.15) is 0 Å². The molecule has 2 aromatic carbocycles. The molecule has 2 aromatic rings. The zero-order valence-corrected chi connectivity index (χ0v) is 15.4. The summed E-state index contributed by atoms with van der Waals surface area (Å²) < 4.78 is 0. The number of carboxylic acid groups (broad SMARTS) is 1. The number of carboxylic acids is 1. The first-order valence-corrected chi connectivity index (χ1v) is 9.52. The highest BCUT2D eigenvalue weighted by atomic mass is 16.4. The monoisotopic (exact) mass is 366 g/mol. The number of benzene rings is 2. The molecule has 1 atom stereocenters. The van der Waals surface area contributed by atoms with E-state index in [1.807, 2.05) is 42.5 Å². The van der Waals surface area contributed by atoms with E-state index < -0.39 is 12.0 Å². The average Bonchev–Trinajstić information content (AvgIpc) is 3.20. The molecule has 3 N–H and O–H groups in total. The van der Waals surface area contributed by atoms with Crippen molar-refractivity contribution in [2.45, 2.75) is 50.7 Å². The van der Waals surface area contributed by atoms with Crippen molar-refractivity contribution in [2.24, 2.45) is 0 Å². The number of carbonyl (C=O) groups is 2. The molecule has 0 bridgehead atoms. The largest absolute Gasteiger partial charge is 0.480 e. The third-order valence-corrected chi connectivity index (χ3v) is 5.05. The summed E-state index contributed by atoms with van der Waals surface area (Å²) in [6, 6.07) is 16.3. The number of aliphatic carboxylic acids is 1. The average molecular weight is 366 g/mol. The van der Waals surface area contributed by atoms with Gasteiger partial charge in [-0.3, -0.25) is 4.79 Å². The normalized spacial score (nSPS) is 15.4. The first kappa shape index (κ1) is 19.1. The number of carbonyl (C=O) groups excluding carboxylic acids is 1. The van der Waals surface area contributed by atoms with Crippen LogP contribution in [-0.2, 0) is 17.8 Å². The Labute approximate surface area is 159 Å². The van der Waals surface area contributed by atoms with E-state index in [0.29, 0.717) is 11.6 Å². The van der Waals surface area contributed by atoms with Gasteiger partial charge in [0.1, 0.15) is 6.04 Å². The van der Waals surface area contributed by atoms with Crippen molar-refractivity contribution in [2.75, 3.05) is 0 Å². The van der Waals surface area contributed by atoms with Gasteiger partial charge in [0.2, 0.25) is 0 Å². The molecule has 27 heavy (non-hydrogen) atoms. The maximum atomic E-state index is 12.4. The maximum Gasteiger partial charge on any atom is 0.326 e. The Kier molecular flexibility index (Phi) is 6.60. The van der Waals surface area contributed by atoms with Crippen molar-refractivity contribution >= 4 is 11.9 Å². The van der Waals surface area contributed by atoms with Gasteiger partial charge < -0.3 is 15.7 Å². The van der Waals surface area contributed by atoms with Gasteiger partial charge in [-0.15, -0.1) is 0 Å². The third kappa shape index (κ3) is 5.66. The van der Waals surface area contributed by atoms with Crippen LogP contribution in [0, 0.1) is 0 Å². The van der Waals surface area contributed by atoms with E-state index >= 15 is 0 Å². The lowest BCUT2D eigenvalue weighted by Gasteiger charge is -2.15. The second kappa shape index (κ2) is 9.33. The van der Waals surface area contributed by atoms with Gasteiger partial charge in [0.25, 0.3) is 5.91 Å². The summed E-state index contributed by atoms with van der Waals surface area (Å²) >= 11 is 0. The van der Waals surface area contributed by atoms with E-state index in [1.165, 1.54) is 25.7 Å². The lowest BCUT2D eigenvalue weighted by atomic mass is 10.1. The van der Waals surface area contributed by atoms with E-state index in [9.17, 15) is 14.7 Å². The van der Waals surface area contributed by atoms with Crippen LogP contribution in [0.4, 0.5) is 0 Å². The van der Waals surface area contributed by atoms with E-state index in [0.717, 1.165) is 17.7 Å². The topological polar surface area (TPSA) is 78.4 Å². The van der Waals surface area contributed by atoms with E-state index in [2.05, 4.69) is 10.6 Å². The van der Waals surface area contributed by atoms with Crippen LogP contribution in [0.2, 0.25) is 0 Å². The van der Waals surface area contributed by atoms with Crippen LogP contribution in [0.25, 0.3) is 0 Å². The zero-order valence-electron chi connectivity index (χ0n) is 15.4. The van der Waals surface area contributed by atoms with Crippen molar-refractivity contribution in [3.05, 3.63) is 71.3 Å². The fraction of sp³-hybridized carbons (Fsp3) is 0.364. The molecule has 1 aliphatic rings. The lowest BCUT2D eigenvalue weighted by molar-refractivity contribution is -0.139. The van der Waals surface area contributed by atoms with Gasteiger partial charge in [0.05, 0.1) is 0 Å². The predicted octanol–water partition coefficient (Wildman–Crippen LogP) is 3.14. The van der Waals surface area contributed by atoms with Crippen LogP contribution in [0.5, 0.6) is 0 Å². The second-order valence-corrected chi connectivity index (χ2v) is 7.11. The summed E-state index contributed by atoms with van der Waals surface area (Å²) in [5.41, 5.74) is 2.47. The Morgan fingerprint density at radius 3 is 2.26 bits per heavy atom. The molecule has 5 heteroatoms. The molecule has 1 saturated carbocycles. The highest BCUT2D eigenvalue weighted by molar-refractivity contribution is 5.96. The predicted molar refractivity (Wildman–Crippen MR) is 105 cm³/mol. The Balaban J connectivity index is 1.56. The molecule has 1 amide bonds. The molecule has 142 valence electrons. The van der Waals surface area contributed by atoms with Crippen molar-refractivity contribution in [1.29, 1.82) is 0 Å². The molecule has 0 radical (unpaired) electrons. The first-order valence-electron chi connectivity index (χ1n) is 9.52. The highest BCUT2D eigenvalue weighted by Crippen LogP contribution is 2.18. The lowest BCUT2D eigenvalue weighted by Crippen LogP contribution is -2.42. The molecule has 0 spiro atoms. The van der Waals surface area contributed by atoms with E-state index in [-0.39, 0.29) is 12.3 Å². The van der Waals surface area contributed by atoms with Crippen molar-refractivity contribution in [1.82, 2.24) is 10.6 Å². The first-order chi connectivity index (χ1) is 13.1. The summed E-state index contributed by atoms with van der Waals surface area (Å²) in [7, 11) is 0. The third-order valence-electron chi connectivity index (χ3n) is 5.05. The minimum Gasteiger partial charge on any atom is -0.480 e. The van der Waals surface area contributed by atoms with Crippen molar-refractivity contribution < 1.29 is 14.7 Å². The number of hydrogen-bond acceptors (Lipinski definition) is 3. The van der Waals surface area contributed by atoms with E-state index in [1.54, 1.807) is 12.1 Å². The standard InChI is InChI=1S/C22H26N2O3/c25-21(24-20(22(26)27)14-16-6-2-1-3-7-16)18-12-10-17(11-13-18)15-23-19-8-4-5-9-19/h1-3,6-7,10-13,19-20,23H,4-5,8-9,14-15H2,(H,24,25)(H,26,27)/t20-/m0/s1. The Morgan fingerprint density at radius 1 is 0.963 bits per heavy atom. The van der Waals surface area contributed by atoms with Crippen molar-refractivity contribution in [3.8, 4) is 0 Å². The Hall–Kier alpha value is -2.66. The molecular formula is C22H26N2O3. The van der Waals surface area contributed by atoms with Gasteiger partial charge in [-0.05, 0) is 36.1 Å². The number of amides is 1. The summed E-state index contributed by atoms with van der Waals surface area (Å²) in [5, 5.41) is 15.6.